The molecule has 0 amide bonds. The first kappa shape index (κ1) is 17.3. The predicted octanol–water partition coefficient (Wildman–Crippen LogP) is 1.88. The number of primary sulfonamides is 1. The maximum atomic E-state index is 13.6. The van der Waals surface area contributed by atoms with Crippen molar-refractivity contribution in [2.45, 2.75) is 26.2 Å². The number of nitro benzene ring substituents is 1. The Morgan fingerprint density at radius 1 is 1.33 bits per heavy atom. The molecule has 0 saturated heterocycles. The Balaban J connectivity index is 2.46. The van der Waals surface area contributed by atoms with Gasteiger partial charge in [0.2, 0.25) is 10.0 Å². The van der Waals surface area contributed by atoms with Crippen LogP contribution in [0.1, 0.15) is 24.8 Å². The summed E-state index contributed by atoms with van der Waals surface area (Å²) in [4.78, 5) is 9.98. The van der Waals surface area contributed by atoms with Crippen molar-refractivity contribution in [1.82, 2.24) is 0 Å². The summed E-state index contributed by atoms with van der Waals surface area (Å²) in [5.41, 5.74) is 0.0126. The van der Waals surface area contributed by atoms with Crippen molar-refractivity contribution >= 4 is 15.7 Å². The predicted molar refractivity (Wildman–Crippen MR) is 75.1 cm³/mol. The van der Waals surface area contributed by atoms with Gasteiger partial charge in [-0.2, -0.15) is 0 Å². The summed E-state index contributed by atoms with van der Waals surface area (Å²) in [6.45, 7) is 1.69. The molecule has 9 heteroatoms. The van der Waals surface area contributed by atoms with E-state index in [0.29, 0.717) is 24.8 Å². The average molecular weight is 320 g/mol. The highest BCUT2D eigenvalue weighted by Crippen LogP contribution is 2.27. The molecule has 0 radical (unpaired) electrons. The van der Waals surface area contributed by atoms with Crippen LogP contribution in [-0.2, 0) is 10.0 Å². The highest BCUT2D eigenvalue weighted by Gasteiger charge is 2.16. The average Bonchev–Trinajstić information content (AvgIpc) is 2.35. The molecule has 0 fully saturated rings. The molecule has 118 valence electrons. The van der Waals surface area contributed by atoms with Crippen molar-refractivity contribution < 1.29 is 22.5 Å². The van der Waals surface area contributed by atoms with Crippen LogP contribution in [0.25, 0.3) is 0 Å². The fourth-order valence-corrected chi connectivity index (χ4v) is 2.32. The number of halogens is 1. The van der Waals surface area contributed by atoms with Crippen LogP contribution in [0.15, 0.2) is 12.1 Å². The number of nitrogens with zero attached hydrogens (tertiary/aromatic N) is 1. The summed E-state index contributed by atoms with van der Waals surface area (Å²) < 4.78 is 40.2. The molecule has 21 heavy (non-hydrogen) atoms. The van der Waals surface area contributed by atoms with Gasteiger partial charge in [0, 0.05) is 5.56 Å². The number of unbranched alkanes of at least 4 members (excludes halogenated alkanes) is 2. The lowest BCUT2D eigenvalue weighted by Gasteiger charge is -2.08. The minimum atomic E-state index is -3.45. The van der Waals surface area contributed by atoms with Crippen molar-refractivity contribution in [2.75, 3.05) is 12.4 Å². The molecule has 0 aliphatic rings. The number of aryl methyl sites for hydroxylation is 1. The van der Waals surface area contributed by atoms with E-state index in [0.717, 1.165) is 6.07 Å². The summed E-state index contributed by atoms with van der Waals surface area (Å²) in [6.07, 6.45) is 1.51. The van der Waals surface area contributed by atoms with E-state index in [1.54, 1.807) is 0 Å². The molecule has 0 heterocycles. The second-order valence-corrected chi connectivity index (χ2v) is 6.34. The summed E-state index contributed by atoms with van der Waals surface area (Å²) >= 11 is 0. The smallest absolute Gasteiger partial charge is 0.275 e. The zero-order chi connectivity index (χ0) is 16.0. The van der Waals surface area contributed by atoms with Gasteiger partial charge in [0.15, 0.2) is 11.6 Å². The fraction of sp³-hybridized carbons (Fsp3) is 0.500. The SMILES string of the molecule is Cc1cc(OCCCCCS(N)(=O)=O)c(F)cc1[N+](=O)[O-]. The molecular formula is C12H17FN2O5S. The number of hydrogen-bond acceptors (Lipinski definition) is 5. The monoisotopic (exact) mass is 320 g/mol. The molecule has 0 spiro atoms. The number of sulfonamides is 1. The molecule has 0 unspecified atom stereocenters. The Morgan fingerprint density at radius 3 is 2.57 bits per heavy atom. The van der Waals surface area contributed by atoms with Crippen molar-refractivity contribution in [3.05, 3.63) is 33.6 Å². The van der Waals surface area contributed by atoms with Crippen molar-refractivity contribution in [3.63, 3.8) is 0 Å². The summed E-state index contributed by atoms with van der Waals surface area (Å²) in [5, 5.41) is 15.5. The third-order valence-corrected chi connectivity index (χ3v) is 3.64. The molecule has 1 aromatic rings. The van der Waals surface area contributed by atoms with Gasteiger partial charge in [-0.05, 0) is 32.3 Å². The normalized spacial score (nSPS) is 11.4. The van der Waals surface area contributed by atoms with Crippen molar-refractivity contribution in [1.29, 1.82) is 0 Å². The van der Waals surface area contributed by atoms with Crippen LogP contribution in [0, 0.1) is 22.9 Å². The first-order chi connectivity index (χ1) is 9.70. The van der Waals surface area contributed by atoms with Crippen molar-refractivity contribution in [2.24, 2.45) is 5.14 Å². The Labute approximate surface area is 122 Å². The number of nitrogens with two attached hydrogens (primary N) is 1. The van der Waals surface area contributed by atoms with E-state index in [-0.39, 0.29) is 23.8 Å². The fourth-order valence-electron chi connectivity index (χ4n) is 1.72. The first-order valence-corrected chi connectivity index (χ1v) is 8.00. The number of benzene rings is 1. The third kappa shape index (κ3) is 6.05. The molecule has 2 N–H and O–H groups in total. The van der Waals surface area contributed by atoms with Crippen molar-refractivity contribution in [3.8, 4) is 5.75 Å². The van der Waals surface area contributed by atoms with E-state index in [1.165, 1.54) is 13.0 Å². The lowest BCUT2D eigenvalue weighted by atomic mass is 10.2. The molecule has 1 aromatic carbocycles. The topological polar surface area (TPSA) is 113 Å². The lowest BCUT2D eigenvalue weighted by Crippen LogP contribution is -2.16. The van der Waals surface area contributed by atoms with Gasteiger partial charge in [0.25, 0.3) is 5.69 Å². The molecule has 0 saturated carbocycles. The maximum absolute atomic E-state index is 13.6. The maximum Gasteiger partial charge on any atom is 0.275 e. The second-order valence-electron chi connectivity index (χ2n) is 4.60. The molecule has 0 aliphatic heterocycles. The zero-order valence-electron chi connectivity index (χ0n) is 11.5. The van der Waals surface area contributed by atoms with Gasteiger partial charge in [-0.1, -0.05) is 0 Å². The number of ether oxygens (including phenoxy) is 1. The van der Waals surface area contributed by atoms with E-state index in [1.807, 2.05) is 0 Å². The first-order valence-electron chi connectivity index (χ1n) is 6.28. The van der Waals surface area contributed by atoms with Crippen LogP contribution in [0.2, 0.25) is 0 Å². The molecule has 0 aliphatic carbocycles. The van der Waals surface area contributed by atoms with Gasteiger partial charge in [0.1, 0.15) is 0 Å². The van der Waals surface area contributed by atoms with Crippen LogP contribution in [-0.4, -0.2) is 25.7 Å². The number of hydrogen-bond donors (Lipinski definition) is 1. The van der Waals surface area contributed by atoms with E-state index in [2.05, 4.69) is 0 Å². The quantitative estimate of drug-likeness (QED) is 0.446. The van der Waals surface area contributed by atoms with E-state index < -0.39 is 20.8 Å². The van der Waals surface area contributed by atoms with Gasteiger partial charge in [-0.3, -0.25) is 10.1 Å². The van der Waals surface area contributed by atoms with Crippen LogP contribution in [0.4, 0.5) is 10.1 Å². The standard InChI is InChI=1S/C12H17FN2O5S/c1-9-7-12(10(13)8-11(9)15(16)17)20-5-3-2-4-6-21(14,18)19/h7-8H,2-6H2,1H3,(H2,14,18,19). The molecule has 0 bridgehead atoms. The second kappa shape index (κ2) is 7.32. The largest absolute Gasteiger partial charge is 0.491 e. The molecule has 0 atom stereocenters. The minimum absolute atomic E-state index is 0.0513. The van der Waals surface area contributed by atoms with E-state index in [9.17, 15) is 22.9 Å². The van der Waals surface area contributed by atoms with Crippen LogP contribution < -0.4 is 9.88 Å². The molecule has 7 nitrogen and oxygen atoms in total. The number of rotatable bonds is 8. The van der Waals surface area contributed by atoms with Gasteiger partial charge in [0.05, 0.1) is 23.3 Å². The zero-order valence-corrected chi connectivity index (χ0v) is 12.4. The Kier molecular flexibility index (Phi) is 6.03. The number of nitro groups is 1. The lowest BCUT2D eigenvalue weighted by molar-refractivity contribution is -0.385. The Morgan fingerprint density at radius 2 is 2.00 bits per heavy atom. The minimum Gasteiger partial charge on any atom is -0.491 e. The molecule has 1 rings (SSSR count). The summed E-state index contributed by atoms with van der Waals surface area (Å²) in [7, 11) is -3.45. The van der Waals surface area contributed by atoms with Crippen LogP contribution in [0.3, 0.4) is 0 Å². The highest BCUT2D eigenvalue weighted by molar-refractivity contribution is 7.89. The van der Waals surface area contributed by atoms with Crippen LogP contribution >= 0.6 is 0 Å². The Bertz CT molecular complexity index is 618. The summed E-state index contributed by atoms with van der Waals surface area (Å²) in [6, 6.07) is 2.10. The van der Waals surface area contributed by atoms with Gasteiger partial charge in [-0.25, -0.2) is 17.9 Å². The van der Waals surface area contributed by atoms with Gasteiger partial charge < -0.3 is 4.74 Å². The van der Waals surface area contributed by atoms with E-state index in [4.69, 9.17) is 9.88 Å². The Hall–Kier alpha value is -1.74. The van der Waals surface area contributed by atoms with Gasteiger partial charge >= 0.3 is 0 Å². The molecule has 0 aromatic heterocycles. The van der Waals surface area contributed by atoms with E-state index >= 15 is 0 Å². The molecular weight excluding hydrogens is 303 g/mol. The highest BCUT2D eigenvalue weighted by atomic mass is 32.2. The van der Waals surface area contributed by atoms with Gasteiger partial charge in [-0.15, -0.1) is 0 Å². The third-order valence-electron chi connectivity index (χ3n) is 2.78. The summed E-state index contributed by atoms with van der Waals surface area (Å²) in [5.74, 6) is -0.945. The van der Waals surface area contributed by atoms with Crippen LogP contribution in [0.5, 0.6) is 5.75 Å².